The molecule has 0 aliphatic rings. The number of carbonyl (C=O) groups excluding carboxylic acids is 2. The van der Waals surface area contributed by atoms with Gasteiger partial charge in [-0.15, -0.1) is 11.8 Å². The molecular weight excluding hydrogens is 443 g/mol. The molecule has 0 aromatic heterocycles. The number of allylic oxidation sites excluding steroid dienone is 1. The molecule has 2 amide bonds. The molecule has 0 aliphatic carbocycles. The van der Waals surface area contributed by atoms with Crippen molar-refractivity contribution < 1.29 is 31.5 Å². The van der Waals surface area contributed by atoms with Crippen LogP contribution in [0.15, 0.2) is 30.1 Å². The first kappa shape index (κ1) is 26.4. The second-order valence-electron chi connectivity index (χ2n) is 7.58. The SMILES string of the molecule is CC(C)(C)C(=N)/C=C(\N)NC(=O)C(NC(=O)Cc1cc(F)cc(F)c1)SCC(F)(F)F. The second kappa shape index (κ2) is 10.6. The highest BCUT2D eigenvalue weighted by atomic mass is 32.2. The van der Waals surface area contributed by atoms with Gasteiger partial charge in [0.25, 0.3) is 5.91 Å². The van der Waals surface area contributed by atoms with Crippen molar-refractivity contribution in [3.63, 3.8) is 0 Å². The van der Waals surface area contributed by atoms with Gasteiger partial charge >= 0.3 is 6.18 Å². The molecule has 172 valence electrons. The molecule has 0 spiro atoms. The Morgan fingerprint density at radius 3 is 2.19 bits per heavy atom. The smallest absolute Gasteiger partial charge is 0.385 e. The van der Waals surface area contributed by atoms with E-state index in [2.05, 4.69) is 10.6 Å². The zero-order valence-corrected chi connectivity index (χ0v) is 17.8. The maximum absolute atomic E-state index is 13.3. The zero-order valence-electron chi connectivity index (χ0n) is 17.0. The number of alkyl halides is 3. The fourth-order valence-corrected chi connectivity index (χ4v) is 2.85. The minimum atomic E-state index is -4.62. The lowest BCUT2D eigenvalue weighted by Crippen LogP contribution is -2.46. The first-order chi connectivity index (χ1) is 14.1. The number of nitrogens with one attached hydrogen (secondary N) is 3. The van der Waals surface area contributed by atoms with Gasteiger partial charge in [-0.2, -0.15) is 13.2 Å². The van der Waals surface area contributed by atoms with Crippen molar-refractivity contribution in [2.75, 3.05) is 5.75 Å². The van der Waals surface area contributed by atoms with Crippen LogP contribution in [0.4, 0.5) is 22.0 Å². The van der Waals surface area contributed by atoms with E-state index in [9.17, 15) is 31.5 Å². The van der Waals surface area contributed by atoms with Gasteiger partial charge in [-0.25, -0.2) is 8.78 Å². The summed E-state index contributed by atoms with van der Waals surface area (Å²) in [4.78, 5) is 24.5. The molecule has 0 bridgehead atoms. The molecule has 1 aromatic carbocycles. The molecule has 0 aliphatic heterocycles. The van der Waals surface area contributed by atoms with Gasteiger partial charge in [0.15, 0.2) is 5.37 Å². The topological polar surface area (TPSA) is 108 Å². The number of hydrogen-bond acceptors (Lipinski definition) is 5. The van der Waals surface area contributed by atoms with Crippen LogP contribution in [0.5, 0.6) is 0 Å². The van der Waals surface area contributed by atoms with Crippen LogP contribution in [-0.2, 0) is 16.0 Å². The fourth-order valence-electron chi connectivity index (χ4n) is 2.07. The average Bonchev–Trinajstić information content (AvgIpc) is 2.55. The molecule has 0 saturated carbocycles. The summed E-state index contributed by atoms with van der Waals surface area (Å²) in [6, 6.07) is 2.37. The molecule has 1 rings (SSSR count). The van der Waals surface area contributed by atoms with Gasteiger partial charge in [0.05, 0.1) is 12.2 Å². The van der Waals surface area contributed by atoms with Crippen molar-refractivity contribution in [2.24, 2.45) is 11.1 Å². The summed E-state index contributed by atoms with van der Waals surface area (Å²) < 4.78 is 64.3. The fraction of sp³-hybridized carbons (Fsp3) is 0.421. The Morgan fingerprint density at radius 2 is 1.71 bits per heavy atom. The van der Waals surface area contributed by atoms with Gasteiger partial charge in [0, 0.05) is 17.2 Å². The summed E-state index contributed by atoms with van der Waals surface area (Å²) in [7, 11) is 0. The van der Waals surface area contributed by atoms with Crippen LogP contribution in [0.1, 0.15) is 26.3 Å². The van der Waals surface area contributed by atoms with Crippen molar-refractivity contribution >= 4 is 29.3 Å². The molecule has 1 aromatic rings. The summed E-state index contributed by atoms with van der Waals surface area (Å²) in [5.41, 5.74) is 5.05. The maximum atomic E-state index is 13.3. The number of hydrogen-bond donors (Lipinski definition) is 4. The quantitative estimate of drug-likeness (QED) is 0.268. The number of nitrogens with two attached hydrogens (primary N) is 1. The largest absolute Gasteiger partial charge is 0.397 e. The summed E-state index contributed by atoms with van der Waals surface area (Å²) in [5.74, 6) is -5.57. The van der Waals surface area contributed by atoms with E-state index in [1.165, 1.54) is 0 Å². The molecule has 1 atom stereocenters. The van der Waals surface area contributed by atoms with Crippen molar-refractivity contribution in [3.8, 4) is 0 Å². The normalized spacial score (nSPS) is 13.5. The van der Waals surface area contributed by atoms with E-state index >= 15 is 0 Å². The van der Waals surface area contributed by atoms with Crippen molar-refractivity contribution in [2.45, 2.75) is 38.7 Å². The monoisotopic (exact) mass is 466 g/mol. The Labute approximate surface area is 180 Å². The standard InChI is InChI=1S/C19H23F5N4O2S/c1-18(2,3)13(25)8-14(26)27-16(30)17(31-9-19(22,23)24)28-15(29)6-10-4-11(20)7-12(21)5-10/h4-5,7-8,17,25H,6,9,26H2,1-3H3,(H,27,30)(H,28,29)/b14-8+,25-13?. The van der Waals surface area contributed by atoms with Crippen molar-refractivity contribution in [1.82, 2.24) is 10.6 Å². The third-order valence-electron chi connectivity index (χ3n) is 3.61. The first-order valence-corrected chi connectivity index (χ1v) is 9.91. The minimum absolute atomic E-state index is 0.0574. The van der Waals surface area contributed by atoms with Gasteiger partial charge in [-0.05, 0) is 23.8 Å². The van der Waals surface area contributed by atoms with Gasteiger partial charge in [0.2, 0.25) is 5.91 Å². The molecule has 31 heavy (non-hydrogen) atoms. The summed E-state index contributed by atoms with van der Waals surface area (Å²) in [6.07, 6.45) is -4.04. The number of halogens is 5. The number of amides is 2. The van der Waals surface area contributed by atoms with Crippen LogP contribution in [0.2, 0.25) is 0 Å². The van der Waals surface area contributed by atoms with E-state index in [1.54, 1.807) is 20.8 Å². The number of carbonyl (C=O) groups is 2. The van der Waals surface area contributed by atoms with E-state index in [0.29, 0.717) is 6.07 Å². The maximum Gasteiger partial charge on any atom is 0.397 e. The Balaban J connectivity index is 2.92. The molecular formula is C19H23F5N4O2S. The summed E-state index contributed by atoms with van der Waals surface area (Å²) >= 11 is 0.0946. The highest BCUT2D eigenvalue weighted by molar-refractivity contribution is 8.00. The van der Waals surface area contributed by atoms with E-state index in [4.69, 9.17) is 11.1 Å². The molecule has 0 heterocycles. The summed E-state index contributed by atoms with van der Waals surface area (Å²) in [6.45, 7) is 5.16. The van der Waals surface area contributed by atoms with Crippen molar-refractivity contribution in [3.05, 3.63) is 47.3 Å². The molecule has 0 saturated heterocycles. The van der Waals surface area contributed by atoms with Gasteiger partial charge in [-0.3, -0.25) is 9.59 Å². The third-order valence-corrected chi connectivity index (χ3v) is 4.77. The van der Waals surface area contributed by atoms with Gasteiger partial charge < -0.3 is 21.8 Å². The van der Waals surface area contributed by atoms with E-state index < -0.39 is 52.6 Å². The predicted molar refractivity (Wildman–Crippen MR) is 108 cm³/mol. The van der Waals surface area contributed by atoms with Gasteiger partial charge in [-0.1, -0.05) is 20.8 Å². The van der Waals surface area contributed by atoms with Crippen LogP contribution in [0.25, 0.3) is 0 Å². The molecule has 6 nitrogen and oxygen atoms in total. The highest BCUT2D eigenvalue weighted by Gasteiger charge is 2.32. The number of rotatable bonds is 8. The second-order valence-corrected chi connectivity index (χ2v) is 8.67. The molecule has 0 radical (unpaired) electrons. The Kier molecular flexibility index (Phi) is 9.03. The lowest BCUT2D eigenvalue weighted by atomic mass is 9.90. The molecule has 12 heteroatoms. The third kappa shape index (κ3) is 10.3. The minimum Gasteiger partial charge on any atom is -0.385 e. The molecule has 1 unspecified atom stereocenters. The van der Waals surface area contributed by atoms with Crippen molar-refractivity contribution in [1.29, 1.82) is 5.41 Å². The Hall–Kier alpha value is -2.63. The number of benzene rings is 1. The first-order valence-electron chi connectivity index (χ1n) is 8.86. The predicted octanol–water partition coefficient (Wildman–Crippen LogP) is 3.23. The lowest BCUT2D eigenvalue weighted by Gasteiger charge is -2.20. The number of thioether (sulfide) groups is 1. The zero-order chi connectivity index (χ0) is 24.0. The van der Waals surface area contributed by atoms with Crippen LogP contribution in [-0.4, -0.2) is 34.8 Å². The Morgan fingerprint density at radius 1 is 1.16 bits per heavy atom. The van der Waals surface area contributed by atoms with Crippen LogP contribution in [0.3, 0.4) is 0 Å². The molecule has 0 fully saturated rings. The van der Waals surface area contributed by atoms with Gasteiger partial charge in [0.1, 0.15) is 17.5 Å². The highest BCUT2D eigenvalue weighted by Crippen LogP contribution is 2.24. The van der Waals surface area contributed by atoms with Crippen LogP contribution in [0, 0.1) is 22.5 Å². The summed E-state index contributed by atoms with van der Waals surface area (Å²) in [5, 5.41) is 10.4. The Bertz CT molecular complexity index is 846. The van der Waals surface area contributed by atoms with E-state index in [0.717, 1.165) is 18.2 Å². The average molecular weight is 466 g/mol. The lowest BCUT2D eigenvalue weighted by molar-refractivity contribution is -0.126. The van der Waals surface area contributed by atoms with Crippen LogP contribution < -0.4 is 16.4 Å². The van der Waals surface area contributed by atoms with Crippen LogP contribution >= 0.6 is 11.8 Å². The van der Waals surface area contributed by atoms with E-state index in [1.807, 2.05) is 0 Å². The van der Waals surface area contributed by atoms with E-state index in [-0.39, 0.29) is 28.9 Å². The molecule has 5 N–H and O–H groups in total.